The van der Waals surface area contributed by atoms with Crippen molar-refractivity contribution in [1.82, 2.24) is 15.1 Å². The molecule has 1 aromatic heterocycles. The summed E-state index contributed by atoms with van der Waals surface area (Å²) in [4.78, 5) is 12.7. The summed E-state index contributed by atoms with van der Waals surface area (Å²) in [5.74, 6) is -2.38. The van der Waals surface area contributed by atoms with Gasteiger partial charge in [0.2, 0.25) is 5.91 Å². The molecule has 6 nitrogen and oxygen atoms in total. The lowest BCUT2D eigenvalue weighted by atomic mass is 9.92. The van der Waals surface area contributed by atoms with Crippen LogP contribution in [-0.4, -0.2) is 33.4 Å². The van der Waals surface area contributed by atoms with Crippen LogP contribution in [0.3, 0.4) is 0 Å². The maximum atomic E-state index is 14.1. The number of aromatic nitrogens is 2. The third-order valence-corrected chi connectivity index (χ3v) is 5.97. The lowest BCUT2D eigenvalue weighted by Gasteiger charge is -2.30. The molecule has 0 radical (unpaired) electrons. The molecule has 0 spiro atoms. The summed E-state index contributed by atoms with van der Waals surface area (Å²) < 4.78 is 48.8. The van der Waals surface area contributed by atoms with Crippen LogP contribution in [0.4, 0.5) is 13.2 Å². The minimum atomic E-state index is -1.04. The Hall–Kier alpha value is -3.85. The van der Waals surface area contributed by atoms with Crippen molar-refractivity contribution in [1.29, 1.82) is 0 Å². The van der Waals surface area contributed by atoms with E-state index in [0.29, 0.717) is 17.0 Å². The molecule has 0 aliphatic carbocycles. The fourth-order valence-electron chi connectivity index (χ4n) is 3.72. The van der Waals surface area contributed by atoms with Crippen molar-refractivity contribution in [3.8, 4) is 11.4 Å². The molecule has 4 aromatic rings. The van der Waals surface area contributed by atoms with Gasteiger partial charge in [-0.25, -0.2) is 17.9 Å². The van der Waals surface area contributed by atoms with Gasteiger partial charge in [-0.15, -0.1) is 0 Å². The number of nitrogens with one attached hydrogen (secondary N) is 1. The molecule has 0 fully saturated rings. The third kappa shape index (κ3) is 5.21. The minimum absolute atomic E-state index is 0.325. The molecule has 0 saturated heterocycles. The van der Waals surface area contributed by atoms with E-state index in [4.69, 9.17) is 4.74 Å². The van der Waals surface area contributed by atoms with E-state index in [9.17, 15) is 23.1 Å². The first-order valence-corrected chi connectivity index (χ1v) is 11.4. The van der Waals surface area contributed by atoms with Crippen molar-refractivity contribution >= 4 is 16.8 Å². The van der Waals surface area contributed by atoms with Gasteiger partial charge in [-0.3, -0.25) is 4.79 Å². The molecule has 0 bridgehead atoms. The highest BCUT2D eigenvalue weighted by molar-refractivity contribution is 5.82. The zero-order valence-corrected chi connectivity index (χ0v) is 20.0. The molecule has 4 rings (SSSR count). The quantitative estimate of drug-likeness (QED) is 0.356. The van der Waals surface area contributed by atoms with Gasteiger partial charge < -0.3 is 15.2 Å². The van der Waals surface area contributed by atoms with Crippen LogP contribution < -0.4 is 10.1 Å². The Morgan fingerprint density at radius 1 is 1.06 bits per heavy atom. The molecule has 188 valence electrons. The Kier molecular flexibility index (Phi) is 7.03. The van der Waals surface area contributed by atoms with E-state index in [1.54, 1.807) is 62.0 Å². The number of ether oxygens (including phenoxy) is 1. The fraction of sp³-hybridized carbons (Fsp3) is 0.259. The highest BCUT2D eigenvalue weighted by atomic mass is 19.2. The molecule has 0 saturated carbocycles. The van der Waals surface area contributed by atoms with Crippen LogP contribution in [-0.2, 0) is 4.79 Å². The van der Waals surface area contributed by atoms with Gasteiger partial charge in [0, 0.05) is 5.39 Å². The highest BCUT2D eigenvalue weighted by Gasteiger charge is 2.31. The van der Waals surface area contributed by atoms with E-state index >= 15 is 0 Å². The molecule has 1 unspecified atom stereocenters. The number of aliphatic hydroxyl groups excluding tert-OH is 1. The Morgan fingerprint density at radius 2 is 1.78 bits per heavy atom. The van der Waals surface area contributed by atoms with Crippen LogP contribution in [0.1, 0.15) is 32.4 Å². The SMILES string of the molecule is C[C@H](NC(=O)C(C)(C)CO)C(Oc1ccc2c(cnn2-c2ccc(F)cc2)c1)c1ccc(F)c(F)c1. The second kappa shape index (κ2) is 10.0. The van der Waals surface area contributed by atoms with Crippen molar-refractivity contribution in [2.75, 3.05) is 6.61 Å². The monoisotopic (exact) mass is 497 g/mol. The molecule has 1 heterocycles. The predicted octanol–water partition coefficient (Wildman–Crippen LogP) is 5.09. The smallest absolute Gasteiger partial charge is 0.228 e. The van der Waals surface area contributed by atoms with Crippen molar-refractivity contribution in [3.05, 3.63) is 89.9 Å². The lowest BCUT2D eigenvalue weighted by molar-refractivity contribution is -0.132. The number of nitrogens with zero attached hydrogens (tertiary/aromatic N) is 2. The minimum Gasteiger partial charge on any atom is -0.484 e. The molecule has 3 aromatic carbocycles. The summed E-state index contributed by atoms with van der Waals surface area (Å²) in [7, 11) is 0. The second-order valence-electron chi connectivity index (χ2n) is 9.27. The van der Waals surface area contributed by atoms with E-state index in [2.05, 4.69) is 10.4 Å². The van der Waals surface area contributed by atoms with Crippen LogP contribution in [0.5, 0.6) is 5.75 Å². The first-order chi connectivity index (χ1) is 17.1. The third-order valence-electron chi connectivity index (χ3n) is 5.97. The van der Waals surface area contributed by atoms with E-state index in [1.807, 2.05) is 0 Å². The highest BCUT2D eigenvalue weighted by Crippen LogP contribution is 2.30. The van der Waals surface area contributed by atoms with Crippen molar-refractivity contribution in [2.45, 2.75) is 32.9 Å². The molecule has 9 heteroatoms. The molecular weight excluding hydrogens is 471 g/mol. The van der Waals surface area contributed by atoms with Gasteiger partial charge in [0.1, 0.15) is 17.7 Å². The van der Waals surface area contributed by atoms with Gasteiger partial charge in [-0.05, 0) is 80.9 Å². The van der Waals surface area contributed by atoms with Gasteiger partial charge in [-0.2, -0.15) is 5.10 Å². The largest absolute Gasteiger partial charge is 0.484 e. The van der Waals surface area contributed by atoms with Crippen molar-refractivity contribution in [3.63, 3.8) is 0 Å². The average molecular weight is 498 g/mol. The maximum absolute atomic E-state index is 14.1. The number of rotatable bonds is 8. The molecule has 36 heavy (non-hydrogen) atoms. The number of amides is 1. The lowest BCUT2D eigenvalue weighted by Crippen LogP contribution is -2.46. The summed E-state index contributed by atoms with van der Waals surface area (Å²) in [6, 6.07) is 13.9. The summed E-state index contributed by atoms with van der Waals surface area (Å²) >= 11 is 0. The predicted molar refractivity (Wildman–Crippen MR) is 129 cm³/mol. The van der Waals surface area contributed by atoms with Gasteiger partial charge in [0.25, 0.3) is 0 Å². The summed E-state index contributed by atoms with van der Waals surface area (Å²) in [6.45, 7) is 4.50. The number of carbonyl (C=O) groups is 1. The van der Waals surface area contributed by atoms with Crippen LogP contribution in [0.25, 0.3) is 16.6 Å². The van der Waals surface area contributed by atoms with E-state index in [1.165, 1.54) is 18.2 Å². The average Bonchev–Trinajstić information content (AvgIpc) is 3.28. The maximum Gasteiger partial charge on any atom is 0.228 e. The Morgan fingerprint density at radius 3 is 2.44 bits per heavy atom. The molecular formula is C27H26F3N3O3. The fourth-order valence-corrected chi connectivity index (χ4v) is 3.72. The van der Waals surface area contributed by atoms with Gasteiger partial charge >= 0.3 is 0 Å². The van der Waals surface area contributed by atoms with Gasteiger partial charge in [0.15, 0.2) is 11.6 Å². The molecule has 2 N–H and O–H groups in total. The number of aliphatic hydroxyl groups is 1. The molecule has 2 atom stereocenters. The zero-order chi connectivity index (χ0) is 26.0. The number of fused-ring (bicyclic) bond motifs is 1. The Labute approximate surface area is 206 Å². The number of benzene rings is 3. The Balaban J connectivity index is 1.65. The number of hydrogen-bond acceptors (Lipinski definition) is 4. The number of hydrogen-bond donors (Lipinski definition) is 2. The van der Waals surface area contributed by atoms with Gasteiger partial charge in [0.05, 0.1) is 35.5 Å². The van der Waals surface area contributed by atoms with Crippen LogP contribution in [0.2, 0.25) is 0 Å². The van der Waals surface area contributed by atoms with Gasteiger partial charge in [-0.1, -0.05) is 6.07 Å². The Bertz CT molecular complexity index is 1390. The zero-order valence-electron chi connectivity index (χ0n) is 20.0. The van der Waals surface area contributed by atoms with Crippen LogP contribution in [0.15, 0.2) is 66.9 Å². The summed E-state index contributed by atoms with van der Waals surface area (Å²) in [5, 5.41) is 17.4. The summed E-state index contributed by atoms with van der Waals surface area (Å²) in [5.41, 5.74) is 0.721. The van der Waals surface area contributed by atoms with E-state index in [0.717, 1.165) is 23.0 Å². The molecule has 0 aliphatic heterocycles. The molecule has 1 amide bonds. The number of carbonyl (C=O) groups excluding carboxylic acids is 1. The normalized spacial score (nSPS) is 13.4. The standard InChI is InChI=1S/C27H26F3N3O3/c1-16(32-26(35)27(2,3)15-34)25(17-4-10-22(29)23(30)13-17)36-21-9-11-24-18(12-21)14-31-33(24)20-7-5-19(28)6-8-20/h4-14,16,25,34H,15H2,1-3H3,(H,32,35)/t16-,25?/m0/s1. The molecule has 0 aliphatic rings. The topological polar surface area (TPSA) is 76.4 Å². The van der Waals surface area contributed by atoms with Crippen LogP contribution >= 0.6 is 0 Å². The first-order valence-electron chi connectivity index (χ1n) is 11.4. The number of halogens is 3. The second-order valence-corrected chi connectivity index (χ2v) is 9.27. The van der Waals surface area contributed by atoms with Crippen LogP contribution in [0, 0.1) is 22.9 Å². The van der Waals surface area contributed by atoms with Crippen molar-refractivity contribution < 1.29 is 27.8 Å². The van der Waals surface area contributed by atoms with E-state index < -0.39 is 35.1 Å². The first kappa shape index (κ1) is 25.2. The van der Waals surface area contributed by atoms with E-state index in [-0.39, 0.29) is 12.4 Å². The van der Waals surface area contributed by atoms with Crippen molar-refractivity contribution in [2.24, 2.45) is 5.41 Å². The summed E-state index contributed by atoms with van der Waals surface area (Å²) in [6.07, 6.45) is 0.760.